The van der Waals surface area contributed by atoms with Crippen molar-refractivity contribution in [2.24, 2.45) is 0 Å². The topological polar surface area (TPSA) is 78.9 Å². The first-order valence-corrected chi connectivity index (χ1v) is 33.6. The van der Waals surface area contributed by atoms with E-state index in [0.717, 1.165) is 64.2 Å². The second-order valence-electron chi connectivity index (χ2n) is 22.7. The van der Waals surface area contributed by atoms with E-state index in [1.165, 1.54) is 250 Å². The molecule has 444 valence electrons. The summed E-state index contributed by atoms with van der Waals surface area (Å²) in [5.74, 6) is -0.959. The molecular formula is C70H128O6. The molecule has 0 aromatic heterocycles. The smallest absolute Gasteiger partial charge is 0.306 e. The summed E-state index contributed by atoms with van der Waals surface area (Å²) < 4.78 is 16.8. The maximum atomic E-state index is 12.8. The maximum Gasteiger partial charge on any atom is 0.306 e. The molecule has 0 N–H and O–H groups in total. The van der Waals surface area contributed by atoms with Crippen LogP contribution in [0.4, 0.5) is 0 Å². The third-order valence-corrected chi connectivity index (χ3v) is 15.1. The van der Waals surface area contributed by atoms with Crippen molar-refractivity contribution in [3.63, 3.8) is 0 Å². The van der Waals surface area contributed by atoms with Crippen LogP contribution < -0.4 is 0 Å². The number of ether oxygens (including phenoxy) is 3. The van der Waals surface area contributed by atoms with Crippen molar-refractivity contribution < 1.29 is 28.6 Å². The van der Waals surface area contributed by atoms with E-state index in [4.69, 9.17) is 14.2 Å². The average molecular weight is 1070 g/mol. The molecule has 0 rings (SSSR count). The number of hydrogen-bond acceptors (Lipinski definition) is 6. The van der Waals surface area contributed by atoms with Gasteiger partial charge in [-0.25, -0.2) is 0 Å². The monoisotopic (exact) mass is 1060 g/mol. The Bertz CT molecular complexity index is 1310. The van der Waals surface area contributed by atoms with Crippen molar-refractivity contribution in [3.8, 4) is 0 Å². The fourth-order valence-corrected chi connectivity index (χ4v) is 10.1. The summed E-state index contributed by atoms with van der Waals surface area (Å²) in [4.78, 5) is 38.2. The Morgan fingerprint density at radius 3 is 0.776 bits per heavy atom. The fraction of sp³-hybridized carbons (Fsp3) is 0.843. The largest absolute Gasteiger partial charge is 0.462 e. The Hall–Kier alpha value is -2.63. The molecule has 0 aromatic rings. The molecule has 0 aliphatic heterocycles. The lowest BCUT2D eigenvalue weighted by Crippen LogP contribution is -2.30. The molecule has 0 saturated heterocycles. The lowest BCUT2D eigenvalue weighted by molar-refractivity contribution is -0.166. The van der Waals surface area contributed by atoms with Gasteiger partial charge in [0.1, 0.15) is 13.2 Å². The van der Waals surface area contributed by atoms with Gasteiger partial charge in [-0.15, -0.1) is 0 Å². The summed E-state index contributed by atoms with van der Waals surface area (Å²) in [5.41, 5.74) is 0. The Morgan fingerprint density at radius 1 is 0.276 bits per heavy atom. The normalized spacial score (nSPS) is 12.3. The molecule has 0 aliphatic carbocycles. The summed E-state index contributed by atoms with van der Waals surface area (Å²) in [6.07, 6.45) is 81.8. The molecule has 76 heavy (non-hydrogen) atoms. The van der Waals surface area contributed by atoms with E-state index in [1.54, 1.807) is 0 Å². The van der Waals surface area contributed by atoms with Crippen molar-refractivity contribution in [1.82, 2.24) is 0 Å². The highest BCUT2D eigenvalue weighted by Gasteiger charge is 2.19. The van der Waals surface area contributed by atoms with Crippen LogP contribution in [-0.2, 0) is 28.6 Å². The second kappa shape index (κ2) is 64.9. The number of esters is 3. The second-order valence-corrected chi connectivity index (χ2v) is 22.7. The molecule has 0 spiro atoms. The summed E-state index contributed by atoms with van der Waals surface area (Å²) in [7, 11) is 0. The van der Waals surface area contributed by atoms with Crippen LogP contribution in [0.1, 0.15) is 361 Å². The van der Waals surface area contributed by atoms with Crippen molar-refractivity contribution >= 4 is 17.9 Å². The first-order valence-electron chi connectivity index (χ1n) is 33.6. The molecule has 0 radical (unpaired) electrons. The quantitative estimate of drug-likeness (QED) is 0.0261. The zero-order valence-electron chi connectivity index (χ0n) is 51.0. The molecule has 0 heterocycles. The van der Waals surface area contributed by atoms with Crippen molar-refractivity contribution in [2.45, 2.75) is 367 Å². The number of allylic oxidation sites excluding steroid dienone is 8. The summed E-state index contributed by atoms with van der Waals surface area (Å²) >= 11 is 0. The highest BCUT2D eigenvalue weighted by atomic mass is 16.6. The van der Waals surface area contributed by atoms with Crippen LogP contribution in [0.2, 0.25) is 0 Å². The van der Waals surface area contributed by atoms with E-state index in [-0.39, 0.29) is 37.5 Å². The third kappa shape index (κ3) is 62.2. The van der Waals surface area contributed by atoms with Crippen molar-refractivity contribution in [1.29, 1.82) is 0 Å². The van der Waals surface area contributed by atoms with Gasteiger partial charge in [-0.05, 0) is 44.9 Å². The van der Waals surface area contributed by atoms with Gasteiger partial charge in [0.05, 0.1) is 0 Å². The standard InChI is InChI=1S/C70H128O6/c1-4-7-10-13-16-19-22-25-26-27-28-29-30-31-32-33-34-35-36-37-38-39-40-41-42-43-46-48-51-54-57-60-63-69(72)75-66-67(76-70(73)64-61-58-55-52-49-45-24-21-18-15-12-9-6-3)65-74-68(71)62-59-56-53-50-47-44-23-20-17-14-11-8-5-2/h9,12,18,21,45,49,55,58,67H,4-8,10-11,13-17,19-20,22-44,46-48,50-54,56-57,59-66H2,1-3H3/b12-9-,21-18-,49-45-,58-55-. The lowest BCUT2D eigenvalue weighted by Gasteiger charge is -2.18. The lowest BCUT2D eigenvalue weighted by atomic mass is 10.0. The van der Waals surface area contributed by atoms with E-state index < -0.39 is 6.10 Å². The van der Waals surface area contributed by atoms with Crippen LogP contribution in [-0.4, -0.2) is 37.2 Å². The first-order chi connectivity index (χ1) is 37.5. The van der Waals surface area contributed by atoms with Gasteiger partial charge in [0.25, 0.3) is 0 Å². The van der Waals surface area contributed by atoms with Crippen molar-refractivity contribution in [3.05, 3.63) is 48.6 Å². The van der Waals surface area contributed by atoms with Crippen LogP contribution in [0.3, 0.4) is 0 Å². The predicted molar refractivity (Wildman–Crippen MR) is 330 cm³/mol. The van der Waals surface area contributed by atoms with Gasteiger partial charge in [-0.2, -0.15) is 0 Å². The Labute approximate surface area is 473 Å². The predicted octanol–water partition coefficient (Wildman–Crippen LogP) is 22.9. The number of hydrogen-bond donors (Lipinski definition) is 0. The summed E-state index contributed by atoms with van der Waals surface area (Å²) in [6, 6.07) is 0. The van der Waals surface area contributed by atoms with Crippen molar-refractivity contribution in [2.75, 3.05) is 13.2 Å². The van der Waals surface area contributed by atoms with Crippen LogP contribution >= 0.6 is 0 Å². The molecule has 0 bridgehead atoms. The number of carbonyl (C=O) groups is 3. The molecule has 0 aromatic carbocycles. The number of rotatable bonds is 62. The van der Waals surface area contributed by atoms with E-state index in [1.807, 2.05) is 6.08 Å². The average Bonchev–Trinajstić information content (AvgIpc) is 3.42. The molecule has 6 nitrogen and oxygen atoms in total. The summed E-state index contributed by atoms with van der Waals surface area (Å²) in [6.45, 7) is 6.51. The van der Waals surface area contributed by atoms with Gasteiger partial charge >= 0.3 is 17.9 Å². The van der Waals surface area contributed by atoms with Gasteiger partial charge in [0.15, 0.2) is 6.10 Å². The van der Waals surface area contributed by atoms with E-state index in [2.05, 4.69) is 63.3 Å². The highest BCUT2D eigenvalue weighted by molar-refractivity contribution is 5.71. The van der Waals surface area contributed by atoms with Gasteiger partial charge in [-0.3, -0.25) is 14.4 Å². The van der Waals surface area contributed by atoms with E-state index in [0.29, 0.717) is 19.3 Å². The first kappa shape index (κ1) is 73.4. The van der Waals surface area contributed by atoms with Gasteiger partial charge in [0, 0.05) is 19.3 Å². The molecule has 0 aliphatic rings. The highest BCUT2D eigenvalue weighted by Crippen LogP contribution is 2.18. The molecule has 1 unspecified atom stereocenters. The van der Waals surface area contributed by atoms with Crippen LogP contribution in [0.5, 0.6) is 0 Å². The zero-order valence-corrected chi connectivity index (χ0v) is 51.0. The number of unbranched alkanes of at least 4 members (excludes halogenated alkanes) is 43. The van der Waals surface area contributed by atoms with Gasteiger partial charge < -0.3 is 14.2 Å². The van der Waals surface area contributed by atoms with Crippen LogP contribution in [0.25, 0.3) is 0 Å². The maximum absolute atomic E-state index is 12.8. The number of carbonyl (C=O) groups excluding carboxylic acids is 3. The minimum absolute atomic E-state index is 0.0970. The zero-order chi connectivity index (χ0) is 55.0. The minimum Gasteiger partial charge on any atom is -0.462 e. The Balaban J connectivity index is 4.09. The fourth-order valence-electron chi connectivity index (χ4n) is 10.1. The van der Waals surface area contributed by atoms with Crippen LogP contribution in [0.15, 0.2) is 48.6 Å². The molecule has 6 heteroatoms. The third-order valence-electron chi connectivity index (χ3n) is 15.1. The van der Waals surface area contributed by atoms with Gasteiger partial charge in [0.2, 0.25) is 0 Å². The molecule has 0 saturated carbocycles. The van der Waals surface area contributed by atoms with E-state index >= 15 is 0 Å². The molecular weight excluding hydrogens is 937 g/mol. The molecule has 1 atom stereocenters. The molecule has 0 fully saturated rings. The SMILES string of the molecule is CC/C=C\C/C=C\C/C=C\C/C=C\CCC(=O)OC(COC(=O)CCCCCCCCCCCCCCC)COC(=O)CCCCCCCCCCCCCCCCCCCCCCCCCCCCCCCCCC. The minimum atomic E-state index is -0.808. The van der Waals surface area contributed by atoms with Crippen LogP contribution in [0, 0.1) is 0 Å². The summed E-state index contributed by atoms with van der Waals surface area (Å²) in [5, 5.41) is 0. The van der Waals surface area contributed by atoms with E-state index in [9.17, 15) is 14.4 Å². The van der Waals surface area contributed by atoms with Gasteiger partial charge in [-0.1, -0.05) is 345 Å². The molecule has 0 amide bonds. The Kier molecular flexibility index (Phi) is 62.6. The Morgan fingerprint density at radius 2 is 0.513 bits per heavy atom.